The second-order valence-corrected chi connectivity index (χ2v) is 7.82. The van der Waals surface area contributed by atoms with Gasteiger partial charge in [-0.05, 0) is 49.9 Å². The Bertz CT molecular complexity index is 495. The molecule has 0 saturated carbocycles. The Morgan fingerprint density at radius 3 is 1.55 bits per heavy atom. The maximum atomic E-state index is 2.36. The van der Waals surface area contributed by atoms with Gasteiger partial charge in [0, 0.05) is 0 Å². The number of benzene rings is 2. The zero-order chi connectivity index (χ0) is 13.6. The van der Waals surface area contributed by atoms with Crippen molar-refractivity contribution in [1.82, 2.24) is 0 Å². The molecular weight excluding hydrogens is 259 g/mol. The van der Waals surface area contributed by atoms with Gasteiger partial charge in [-0.25, -0.2) is 0 Å². The van der Waals surface area contributed by atoms with Crippen LogP contribution in [0.15, 0.2) is 72.8 Å². The summed E-state index contributed by atoms with van der Waals surface area (Å²) in [7, 11) is -0.226. The minimum atomic E-state index is -0.226. The molecule has 0 nitrogen and oxygen atoms in total. The fourth-order valence-electron chi connectivity index (χ4n) is 2.96. The summed E-state index contributed by atoms with van der Waals surface area (Å²) in [5, 5.41) is 3.06. The largest absolute Gasteiger partial charge is 0.0885 e. The van der Waals surface area contributed by atoms with Crippen LogP contribution in [0.4, 0.5) is 0 Å². The zero-order valence-corrected chi connectivity index (χ0v) is 12.7. The summed E-state index contributed by atoms with van der Waals surface area (Å²) in [5.41, 5.74) is 0.810. The second kappa shape index (κ2) is 6.86. The summed E-state index contributed by atoms with van der Waals surface area (Å²) in [4.78, 5) is 0. The van der Waals surface area contributed by atoms with Gasteiger partial charge < -0.3 is 0 Å². The van der Waals surface area contributed by atoms with Crippen LogP contribution >= 0.6 is 7.92 Å². The summed E-state index contributed by atoms with van der Waals surface area (Å²) >= 11 is 0. The molecule has 0 spiro atoms. The van der Waals surface area contributed by atoms with Gasteiger partial charge in [0.25, 0.3) is 0 Å². The van der Waals surface area contributed by atoms with Gasteiger partial charge in [-0.3, -0.25) is 0 Å². The van der Waals surface area contributed by atoms with Gasteiger partial charge in [0.05, 0.1) is 0 Å². The van der Waals surface area contributed by atoms with E-state index in [2.05, 4.69) is 72.8 Å². The predicted octanol–water partition coefficient (Wildman–Crippen LogP) is 4.62. The van der Waals surface area contributed by atoms with Crippen LogP contribution in [0.1, 0.15) is 25.7 Å². The van der Waals surface area contributed by atoms with Crippen molar-refractivity contribution >= 4 is 18.5 Å². The van der Waals surface area contributed by atoms with E-state index >= 15 is 0 Å². The molecule has 0 N–H and O–H groups in total. The summed E-state index contributed by atoms with van der Waals surface area (Å²) in [6, 6.07) is 22.2. The Balaban J connectivity index is 1.95. The molecule has 0 amide bonds. The minimum absolute atomic E-state index is 0.226. The lowest BCUT2D eigenvalue weighted by atomic mass is 10.2. The van der Waals surface area contributed by atoms with E-state index < -0.39 is 0 Å². The van der Waals surface area contributed by atoms with Crippen molar-refractivity contribution < 1.29 is 0 Å². The van der Waals surface area contributed by atoms with Crippen LogP contribution in [-0.2, 0) is 0 Å². The Kier molecular flexibility index (Phi) is 4.66. The highest BCUT2D eigenvalue weighted by atomic mass is 31.1. The molecular formula is C19H21P. The Morgan fingerprint density at radius 2 is 1.10 bits per heavy atom. The maximum Gasteiger partial charge on any atom is -0.0123 e. The molecule has 0 saturated heterocycles. The molecule has 102 valence electrons. The van der Waals surface area contributed by atoms with Crippen LogP contribution in [-0.4, -0.2) is 5.66 Å². The average molecular weight is 280 g/mol. The lowest BCUT2D eigenvalue weighted by Gasteiger charge is -2.27. The van der Waals surface area contributed by atoms with Crippen molar-refractivity contribution in [2.75, 3.05) is 0 Å². The fourth-order valence-corrected chi connectivity index (χ4v) is 5.91. The third-order valence-electron chi connectivity index (χ3n) is 3.93. The van der Waals surface area contributed by atoms with Crippen LogP contribution in [0.3, 0.4) is 0 Å². The van der Waals surface area contributed by atoms with Crippen molar-refractivity contribution in [3.05, 3.63) is 72.8 Å². The third-order valence-corrected chi connectivity index (χ3v) is 6.89. The molecule has 0 bridgehead atoms. The number of hydrogen-bond acceptors (Lipinski definition) is 0. The molecule has 0 heterocycles. The zero-order valence-electron chi connectivity index (χ0n) is 11.8. The van der Waals surface area contributed by atoms with E-state index in [1.807, 2.05) is 0 Å². The molecule has 1 aliphatic rings. The van der Waals surface area contributed by atoms with Crippen LogP contribution in [0.5, 0.6) is 0 Å². The monoisotopic (exact) mass is 280 g/mol. The van der Waals surface area contributed by atoms with E-state index in [0.717, 1.165) is 5.66 Å². The van der Waals surface area contributed by atoms with Crippen LogP contribution in [0.2, 0.25) is 0 Å². The SMILES string of the molecule is C1=CCCC(P(c2ccccc2)c2ccccc2)CC1. The highest BCUT2D eigenvalue weighted by Gasteiger charge is 2.24. The first-order valence-corrected chi connectivity index (χ1v) is 8.90. The van der Waals surface area contributed by atoms with Gasteiger partial charge >= 0.3 is 0 Å². The standard InChI is InChI=1S/C19H21P/c1-2-6-12-17(11-5-1)20(18-13-7-3-8-14-18)19-15-9-4-10-16-19/h1-4,7-10,13-17H,5-6,11-12H2. The lowest BCUT2D eigenvalue weighted by molar-refractivity contribution is 0.731. The van der Waals surface area contributed by atoms with E-state index in [1.54, 1.807) is 0 Å². The summed E-state index contributed by atoms with van der Waals surface area (Å²) in [6.45, 7) is 0. The first kappa shape index (κ1) is 13.6. The molecule has 2 aromatic rings. The summed E-state index contributed by atoms with van der Waals surface area (Å²) < 4.78 is 0. The predicted molar refractivity (Wildman–Crippen MR) is 90.5 cm³/mol. The molecule has 0 aliphatic heterocycles. The van der Waals surface area contributed by atoms with E-state index in [9.17, 15) is 0 Å². The quantitative estimate of drug-likeness (QED) is 0.568. The smallest absolute Gasteiger partial charge is 0.0123 e. The van der Waals surface area contributed by atoms with Crippen molar-refractivity contribution in [1.29, 1.82) is 0 Å². The highest BCUT2D eigenvalue weighted by molar-refractivity contribution is 7.73. The molecule has 1 heteroatoms. The summed E-state index contributed by atoms with van der Waals surface area (Å²) in [6.07, 6.45) is 9.86. The van der Waals surface area contributed by atoms with Crippen LogP contribution < -0.4 is 10.6 Å². The van der Waals surface area contributed by atoms with Crippen molar-refractivity contribution in [2.24, 2.45) is 0 Å². The number of hydrogen-bond donors (Lipinski definition) is 0. The number of allylic oxidation sites excluding steroid dienone is 2. The third kappa shape index (κ3) is 3.19. The molecule has 1 aliphatic carbocycles. The van der Waals surface area contributed by atoms with Crippen molar-refractivity contribution in [3.63, 3.8) is 0 Å². The first-order chi connectivity index (χ1) is 9.95. The van der Waals surface area contributed by atoms with Gasteiger partial charge in [-0.1, -0.05) is 72.8 Å². The molecule has 3 rings (SSSR count). The fraction of sp³-hybridized carbons (Fsp3) is 0.263. The molecule has 2 aromatic carbocycles. The van der Waals surface area contributed by atoms with Crippen LogP contribution in [0.25, 0.3) is 0 Å². The summed E-state index contributed by atoms with van der Waals surface area (Å²) in [5.74, 6) is 0. The number of rotatable bonds is 3. The van der Waals surface area contributed by atoms with Crippen LogP contribution in [0, 0.1) is 0 Å². The minimum Gasteiger partial charge on any atom is -0.0885 e. The second-order valence-electron chi connectivity index (χ2n) is 5.32. The van der Waals surface area contributed by atoms with Gasteiger partial charge in [-0.2, -0.15) is 0 Å². The molecule has 20 heavy (non-hydrogen) atoms. The maximum absolute atomic E-state index is 2.36. The molecule has 0 aromatic heterocycles. The Hall–Kier alpha value is -1.39. The van der Waals surface area contributed by atoms with E-state index in [0.29, 0.717) is 0 Å². The van der Waals surface area contributed by atoms with Gasteiger partial charge in [0.2, 0.25) is 0 Å². The van der Waals surface area contributed by atoms with Crippen molar-refractivity contribution in [3.8, 4) is 0 Å². The Morgan fingerprint density at radius 1 is 0.650 bits per heavy atom. The van der Waals surface area contributed by atoms with E-state index in [-0.39, 0.29) is 7.92 Å². The normalized spacial score (nSPS) is 16.2. The molecule has 0 radical (unpaired) electrons. The van der Waals surface area contributed by atoms with Gasteiger partial charge in [0.15, 0.2) is 0 Å². The molecule has 0 unspecified atom stereocenters. The van der Waals surface area contributed by atoms with E-state index in [1.165, 1.54) is 36.3 Å². The van der Waals surface area contributed by atoms with E-state index in [4.69, 9.17) is 0 Å². The Labute approximate surface area is 123 Å². The molecule has 0 fully saturated rings. The molecule has 0 atom stereocenters. The first-order valence-electron chi connectivity index (χ1n) is 7.49. The topological polar surface area (TPSA) is 0 Å². The highest BCUT2D eigenvalue weighted by Crippen LogP contribution is 2.44. The average Bonchev–Trinajstić information content (AvgIpc) is 2.79. The lowest BCUT2D eigenvalue weighted by Crippen LogP contribution is -2.21. The van der Waals surface area contributed by atoms with Gasteiger partial charge in [0.1, 0.15) is 0 Å². The van der Waals surface area contributed by atoms with Gasteiger partial charge in [-0.15, -0.1) is 0 Å². The van der Waals surface area contributed by atoms with Crippen molar-refractivity contribution in [2.45, 2.75) is 31.3 Å².